The second-order valence-corrected chi connectivity index (χ2v) is 6.77. The van der Waals surface area contributed by atoms with Gasteiger partial charge in [-0.15, -0.1) is 0 Å². The number of rotatable bonds is 1. The van der Waals surface area contributed by atoms with E-state index in [1.54, 1.807) is 0 Å². The monoisotopic (exact) mass is 262 g/mol. The zero-order valence-electron chi connectivity index (χ0n) is 13.0. The van der Waals surface area contributed by atoms with Crippen LogP contribution in [0.5, 0.6) is 0 Å². The van der Waals surface area contributed by atoms with E-state index in [-0.39, 0.29) is 17.6 Å². The lowest BCUT2D eigenvalue weighted by Gasteiger charge is -2.36. The van der Waals surface area contributed by atoms with Crippen LogP contribution in [0.1, 0.15) is 45.7 Å². The Kier molecular flexibility index (Phi) is 3.86. The van der Waals surface area contributed by atoms with E-state index in [2.05, 4.69) is 57.5 Å². The molecular weight excluding hydrogens is 236 g/mol. The third kappa shape index (κ3) is 3.27. The summed E-state index contributed by atoms with van der Waals surface area (Å²) < 4.78 is 5.78. The molecule has 1 aliphatic heterocycles. The number of hydrogen-bond acceptors (Lipinski definition) is 3. The van der Waals surface area contributed by atoms with Gasteiger partial charge in [-0.05, 0) is 43.4 Å². The summed E-state index contributed by atoms with van der Waals surface area (Å²) in [6.07, 6.45) is 2.58. The molecule has 0 radical (unpaired) electrons. The fourth-order valence-corrected chi connectivity index (χ4v) is 2.86. The molecule has 1 saturated heterocycles. The lowest BCUT2D eigenvalue weighted by atomic mass is 9.85. The van der Waals surface area contributed by atoms with Gasteiger partial charge < -0.3 is 9.64 Å². The average Bonchev–Trinajstić information content (AvgIpc) is 2.25. The normalized spacial score (nSPS) is 24.6. The summed E-state index contributed by atoms with van der Waals surface area (Å²) in [5.41, 5.74) is 2.80. The van der Waals surface area contributed by atoms with Crippen molar-refractivity contribution in [2.75, 3.05) is 18.0 Å². The Morgan fingerprint density at radius 1 is 1.21 bits per heavy atom. The quantitative estimate of drug-likeness (QED) is 0.776. The SMILES string of the molecule is Cc1cc(N2C[C@@H](C)O[C@@H](C)C2)ncc1C(C)(C)C. The van der Waals surface area contributed by atoms with Gasteiger partial charge in [0.15, 0.2) is 0 Å². The molecular formula is C16H26N2O. The van der Waals surface area contributed by atoms with Gasteiger partial charge in [-0.25, -0.2) is 4.98 Å². The Labute approximate surface area is 117 Å². The highest BCUT2D eigenvalue weighted by molar-refractivity contribution is 5.45. The van der Waals surface area contributed by atoms with Gasteiger partial charge in [0.05, 0.1) is 12.2 Å². The van der Waals surface area contributed by atoms with Crippen LogP contribution >= 0.6 is 0 Å². The first-order chi connectivity index (χ1) is 8.77. The Bertz CT molecular complexity index is 441. The molecule has 3 nitrogen and oxygen atoms in total. The molecule has 1 aromatic heterocycles. The summed E-state index contributed by atoms with van der Waals surface area (Å²) in [6, 6.07) is 2.21. The van der Waals surface area contributed by atoms with Gasteiger partial charge in [0, 0.05) is 19.3 Å². The maximum absolute atomic E-state index is 5.78. The van der Waals surface area contributed by atoms with Crippen molar-refractivity contribution in [1.82, 2.24) is 4.98 Å². The van der Waals surface area contributed by atoms with Crippen LogP contribution in [0.3, 0.4) is 0 Å². The van der Waals surface area contributed by atoms with E-state index in [1.807, 2.05) is 6.20 Å². The van der Waals surface area contributed by atoms with Crippen LogP contribution in [0.2, 0.25) is 0 Å². The fourth-order valence-electron chi connectivity index (χ4n) is 2.86. The molecule has 0 unspecified atom stereocenters. The van der Waals surface area contributed by atoms with Crippen molar-refractivity contribution in [3.63, 3.8) is 0 Å². The van der Waals surface area contributed by atoms with Gasteiger partial charge in [0.2, 0.25) is 0 Å². The molecule has 0 aromatic carbocycles. The van der Waals surface area contributed by atoms with Crippen LogP contribution in [0.25, 0.3) is 0 Å². The molecule has 1 aliphatic rings. The zero-order chi connectivity index (χ0) is 14.2. The summed E-state index contributed by atoms with van der Waals surface area (Å²) in [5, 5.41) is 0. The molecule has 0 saturated carbocycles. The zero-order valence-corrected chi connectivity index (χ0v) is 13.0. The smallest absolute Gasteiger partial charge is 0.128 e. The summed E-state index contributed by atoms with van der Waals surface area (Å²) in [7, 11) is 0. The molecule has 2 rings (SSSR count). The number of nitrogens with zero attached hydrogens (tertiary/aromatic N) is 2. The van der Waals surface area contributed by atoms with E-state index in [1.165, 1.54) is 11.1 Å². The lowest BCUT2D eigenvalue weighted by Crippen LogP contribution is -2.45. The molecule has 106 valence electrons. The maximum atomic E-state index is 5.78. The molecule has 0 N–H and O–H groups in total. The van der Waals surface area contributed by atoms with Crippen LogP contribution in [0.15, 0.2) is 12.3 Å². The highest BCUT2D eigenvalue weighted by Crippen LogP contribution is 2.28. The molecule has 3 heteroatoms. The number of pyridine rings is 1. The van der Waals surface area contributed by atoms with Gasteiger partial charge in [0.1, 0.15) is 5.82 Å². The summed E-state index contributed by atoms with van der Waals surface area (Å²) in [5.74, 6) is 1.08. The second kappa shape index (κ2) is 5.12. The minimum atomic E-state index is 0.154. The van der Waals surface area contributed by atoms with Crippen molar-refractivity contribution in [2.45, 2.75) is 59.2 Å². The van der Waals surface area contributed by atoms with E-state index in [0.717, 1.165) is 18.9 Å². The molecule has 0 spiro atoms. The van der Waals surface area contributed by atoms with Gasteiger partial charge in [-0.1, -0.05) is 20.8 Å². The van der Waals surface area contributed by atoms with Gasteiger partial charge in [-0.2, -0.15) is 0 Å². The van der Waals surface area contributed by atoms with Crippen molar-refractivity contribution in [2.24, 2.45) is 0 Å². The van der Waals surface area contributed by atoms with Crippen molar-refractivity contribution >= 4 is 5.82 Å². The highest BCUT2D eigenvalue weighted by Gasteiger charge is 2.24. The molecule has 0 bridgehead atoms. The largest absolute Gasteiger partial charge is 0.372 e. The first-order valence-corrected chi connectivity index (χ1v) is 7.15. The van der Waals surface area contributed by atoms with Crippen LogP contribution in [0, 0.1) is 6.92 Å². The van der Waals surface area contributed by atoms with Crippen molar-refractivity contribution in [3.05, 3.63) is 23.4 Å². The topological polar surface area (TPSA) is 25.4 Å². The van der Waals surface area contributed by atoms with Crippen LogP contribution in [-0.2, 0) is 10.2 Å². The highest BCUT2D eigenvalue weighted by atomic mass is 16.5. The second-order valence-electron chi connectivity index (χ2n) is 6.77. The Balaban J connectivity index is 2.25. The number of aryl methyl sites for hydroxylation is 1. The van der Waals surface area contributed by atoms with Crippen molar-refractivity contribution in [3.8, 4) is 0 Å². The van der Waals surface area contributed by atoms with Crippen molar-refractivity contribution < 1.29 is 4.74 Å². The standard InChI is InChI=1S/C16H26N2O/c1-11-7-15(17-8-14(11)16(4,5)6)18-9-12(2)19-13(3)10-18/h7-8,12-13H,9-10H2,1-6H3/t12-,13+. The summed E-state index contributed by atoms with van der Waals surface area (Å²) in [4.78, 5) is 7.00. The first kappa shape index (κ1) is 14.3. The van der Waals surface area contributed by atoms with E-state index in [0.29, 0.717) is 0 Å². The number of ether oxygens (including phenoxy) is 1. The van der Waals surface area contributed by atoms with Gasteiger partial charge >= 0.3 is 0 Å². The predicted molar refractivity (Wildman–Crippen MR) is 79.9 cm³/mol. The fraction of sp³-hybridized carbons (Fsp3) is 0.688. The van der Waals surface area contributed by atoms with Crippen LogP contribution in [0.4, 0.5) is 5.82 Å². The average molecular weight is 262 g/mol. The molecule has 2 heterocycles. The lowest BCUT2D eigenvalue weighted by molar-refractivity contribution is -0.00546. The van der Waals surface area contributed by atoms with Crippen LogP contribution < -0.4 is 4.90 Å². The molecule has 19 heavy (non-hydrogen) atoms. The van der Waals surface area contributed by atoms with E-state index < -0.39 is 0 Å². The van der Waals surface area contributed by atoms with E-state index in [4.69, 9.17) is 4.74 Å². The van der Waals surface area contributed by atoms with E-state index in [9.17, 15) is 0 Å². The third-order valence-corrected chi connectivity index (χ3v) is 3.65. The molecule has 1 fully saturated rings. The molecule has 2 atom stereocenters. The molecule has 1 aromatic rings. The third-order valence-electron chi connectivity index (χ3n) is 3.65. The number of aromatic nitrogens is 1. The Hall–Kier alpha value is -1.09. The van der Waals surface area contributed by atoms with E-state index >= 15 is 0 Å². The van der Waals surface area contributed by atoms with Crippen molar-refractivity contribution in [1.29, 1.82) is 0 Å². The number of anilines is 1. The Morgan fingerprint density at radius 2 is 1.79 bits per heavy atom. The summed E-state index contributed by atoms with van der Waals surface area (Å²) >= 11 is 0. The minimum Gasteiger partial charge on any atom is -0.372 e. The molecule has 0 aliphatic carbocycles. The van der Waals surface area contributed by atoms with Crippen LogP contribution in [-0.4, -0.2) is 30.3 Å². The Morgan fingerprint density at radius 3 is 2.26 bits per heavy atom. The van der Waals surface area contributed by atoms with Gasteiger partial charge in [-0.3, -0.25) is 0 Å². The summed E-state index contributed by atoms with van der Waals surface area (Å²) in [6.45, 7) is 15.0. The predicted octanol–water partition coefficient (Wildman–Crippen LogP) is 3.30. The number of morpholine rings is 1. The first-order valence-electron chi connectivity index (χ1n) is 7.15. The molecule has 0 amide bonds. The minimum absolute atomic E-state index is 0.154. The maximum Gasteiger partial charge on any atom is 0.128 e. The number of hydrogen-bond donors (Lipinski definition) is 0. The van der Waals surface area contributed by atoms with Gasteiger partial charge in [0.25, 0.3) is 0 Å².